The van der Waals surface area contributed by atoms with Crippen LogP contribution in [0.4, 0.5) is 0 Å². The van der Waals surface area contributed by atoms with E-state index in [0.717, 1.165) is 48.5 Å². The second-order valence-corrected chi connectivity index (χ2v) is 8.65. The number of nitrogens with one attached hydrogen (secondary N) is 1. The summed E-state index contributed by atoms with van der Waals surface area (Å²) in [5.41, 5.74) is 6.48. The SMILES string of the molecule is Cl.O=C(NN1CCCCCC1)c1nn(-c2ccc(Cl)cc2Cl)c2c1COc1ccccc1-2. The van der Waals surface area contributed by atoms with Crippen LogP contribution in [-0.2, 0) is 6.61 Å². The summed E-state index contributed by atoms with van der Waals surface area (Å²) in [6.07, 6.45) is 4.53. The van der Waals surface area contributed by atoms with E-state index in [4.69, 9.17) is 33.0 Å². The fourth-order valence-electron chi connectivity index (χ4n) is 4.19. The molecule has 0 spiro atoms. The third-order valence-corrected chi connectivity index (χ3v) is 6.25. The van der Waals surface area contributed by atoms with Crippen LogP contribution < -0.4 is 10.2 Å². The van der Waals surface area contributed by atoms with Gasteiger partial charge in [0.15, 0.2) is 5.69 Å². The molecule has 0 unspecified atom stereocenters. The van der Waals surface area contributed by atoms with Crippen LogP contribution in [0.1, 0.15) is 41.7 Å². The predicted molar refractivity (Wildman–Crippen MR) is 128 cm³/mol. The molecule has 2 aromatic carbocycles. The minimum absolute atomic E-state index is 0. The van der Waals surface area contributed by atoms with E-state index in [2.05, 4.69) is 5.43 Å². The molecular weight excluding hydrogens is 471 g/mol. The highest BCUT2D eigenvalue weighted by molar-refractivity contribution is 6.35. The van der Waals surface area contributed by atoms with E-state index >= 15 is 0 Å². The second kappa shape index (κ2) is 9.71. The average molecular weight is 494 g/mol. The third kappa shape index (κ3) is 4.33. The number of carbonyl (C=O) groups is 1. The molecule has 0 atom stereocenters. The molecule has 1 amide bonds. The summed E-state index contributed by atoms with van der Waals surface area (Å²) in [5.74, 6) is 0.519. The van der Waals surface area contributed by atoms with Crippen molar-refractivity contribution in [1.29, 1.82) is 0 Å². The van der Waals surface area contributed by atoms with Gasteiger partial charge in [-0.25, -0.2) is 9.69 Å². The molecule has 5 rings (SSSR count). The standard InChI is InChI=1S/C23H22Cl2N4O2.ClH/c24-15-9-10-19(18(25)13-15)29-22-16-7-3-4-8-20(16)31-14-17(22)21(26-29)23(30)27-28-11-5-1-2-6-12-28;/h3-4,7-10,13H,1-2,5-6,11-12,14H2,(H,27,30);1H. The number of ether oxygens (including phenoxy) is 1. The van der Waals surface area contributed by atoms with Crippen LogP contribution in [0.2, 0.25) is 10.0 Å². The molecule has 1 saturated heterocycles. The number of carbonyl (C=O) groups excluding carboxylic acids is 1. The van der Waals surface area contributed by atoms with Gasteiger partial charge in [0.05, 0.1) is 16.4 Å². The van der Waals surface area contributed by atoms with E-state index in [0.29, 0.717) is 21.4 Å². The van der Waals surface area contributed by atoms with Crippen molar-refractivity contribution in [1.82, 2.24) is 20.2 Å². The first-order valence-electron chi connectivity index (χ1n) is 10.5. The van der Waals surface area contributed by atoms with E-state index in [1.165, 1.54) is 12.8 Å². The van der Waals surface area contributed by atoms with Crippen LogP contribution in [0.15, 0.2) is 42.5 Å². The molecular formula is C23H23Cl3N4O2. The van der Waals surface area contributed by atoms with Crippen molar-refractivity contribution < 1.29 is 9.53 Å². The molecule has 0 saturated carbocycles. The van der Waals surface area contributed by atoms with E-state index in [1.807, 2.05) is 35.3 Å². The highest BCUT2D eigenvalue weighted by Gasteiger charge is 2.31. The van der Waals surface area contributed by atoms with E-state index < -0.39 is 0 Å². The zero-order valence-corrected chi connectivity index (χ0v) is 19.6. The van der Waals surface area contributed by atoms with Gasteiger partial charge in [-0.1, -0.05) is 48.2 Å². The Hall–Kier alpha value is -2.25. The number of nitrogens with zero attached hydrogens (tertiary/aromatic N) is 3. The first-order valence-corrected chi connectivity index (χ1v) is 11.2. The number of halogens is 3. The monoisotopic (exact) mass is 492 g/mol. The normalized spacial score (nSPS) is 15.6. The lowest BCUT2D eigenvalue weighted by molar-refractivity contribution is 0.0786. The van der Waals surface area contributed by atoms with Gasteiger partial charge in [0.1, 0.15) is 12.4 Å². The summed E-state index contributed by atoms with van der Waals surface area (Å²) in [4.78, 5) is 13.3. The lowest BCUT2D eigenvalue weighted by atomic mass is 10.0. The maximum atomic E-state index is 13.3. The van der Waals surface area contributed by atoms with Crippen LogP contribution in [0.3, 0.4) is 0 Å². The minimum atomic E-state index is -0.232. The van der Waals surface area contributed by atoms with E-state index in [-0.39, 0.29) is 24.9 Å². The Kier molecular flexibility index (Phi) is 6.96. The van der Waals surface area contributed by atoms with Crippen molar-refractivity contribution in [2.75, 3.05) is 13.1 Å². The quantitative estimate of drug-likeness (QED) is 0.510. The van der Waals surface area contributed by atoms with Gasteiger partial charge >= 0.3 is 0 Å². The van der Waals surface area contributed by atoms with Gasteiger partial charge < -0.3 is 4.74 Å². The summed E-state index contributed by atoms with van der Waals surface area (Å²) in [6.45, 7) is 1.95. The van der Waals surface area contributed by atoms with Crippen molar-refractivity contribution in [3.05, 3.63) is 63.8 Å². The summed E-state index contributed by atoms with van der Waals surface area (Å²) in [7, 11) is 0. The molecule has 0 bridgehead atoms. The molecule has 6 nitrogen and oxygen atoms in total. The van der Waals surface area contributed by atoms with Gasteiger partial charge in [-0.2, -0.15) is 5.10 Å². The highest BCUT2D eigenvalue weighted by atomic mass is 35.5. The van der Waals surface area contributed by atoms with Gasteiger partial charge in [-0.05, 0) is 43.2 Å². The highest BCUT2D eigenvalue weighted by Crippen LogP contribution is 2.41. The number of aromatic nitrogens is 2. The van der Waals surface area contributed by atoms with Gasteiger partial charge in [-0.15, -0.1) is 12.4 Å². The van der Waals surface area contributed by atoms with Gasteiger partial charge in [0, 0.05) is 29.2 Å². The smallest absolute Gasteiger partial charge is 0.286 e. The van der Waals surface area contributed by atoms with Crippen molar-refractivity contribution in [2.45, 2.75) is 32.3 Å². The number of hydrogen-bond donors (Lipinski definition) is 1. The fourth-order valence-corrected chi connectivity index (χ4v) is 4.68. The van der Waals surface area contributed by atoms with Crippen LogP contribution in [0, 0.1) is 0 Å². The Labute approximate surface area is 202 Å². The summed E-state index contributed by atoms with van der Waals surface area (Å²) < 4.78 is 7.68. The van der Waals surface area contributed by atoms with E-state index in [1.54, 1.807) is 16.8 Å². The van der Waals surface area contributed by atoms with Crippen molar-refractivity contribution in [3.63, 3.8) is 0 Å². The zero-order chi connectivity index (χ0) is 21.4. The van der Waals surface area contributed by atoms with Crippen molar-refractivity contribution in [3.8, 4) is 22.7 Å². The zero-order valence-electron chi connectivity index (χ0n) is 17.3. The van der Waals surface area contributed by atoms with Crippen LogP contribution in [-0.4, -0.2) is 33.8 Å². The number of rotatable bonds is 3. The number of para-hydroxylation sites is 1. The van der Waals surface area contributed by atoms with Gasteiger partial charge in [0.2, 0.25) is 0 Å². The Balaban J connectivity index is 0.00000245. The molecule has 2 aliphatic heterocycles. The Bertz CT molecular complexity index is 1140. The number of hydrazine groups is 1. The largest absolute Gasteiger partial charge is 0.488 e. The lowest BCUT2D eigenvalue weighted by Gasteiger charge is -2.21. The maximum absolute atomic E-state index is 13.3. The number of benzene rings is 2. The Morgan fingerprint density at radius 1 is 1.03 bits per heavy atom. The maximum Gasteiger partial charge on any atom is 0.286 e. The molecule has 32 heavy (non-hydrogen) atoms. The predicted octanol–water partition coefficient (Wildman–Crippen LogP) is 5.68. The third-order valence-electron chi connectivity index (χ3n) is 5.72. The second-order valence-electron chi connectivity index (χ2n) is 7.81. The van der Waals surface area contributed by atoms with Crippen molar-refractivity contribution in [2.24, 2.45) is 0 Å². The van der Waals surface area contributed by atoms with E-state index in [9.17, 15) is 4.79 Å². The summed E-state index contributed by atoms with van der Waals surface area (Å²) >= 11 is 12.6. The Morgan fingerprint density at radius 2 is 1.78 bits per heavy atom. The molecule has 1 aromatic heterocycles. The Morgan fingerprint density at radius 3 is 2.53 bits per heavy atom. The molecule has 3 heterocycles. The molecule has 9 heteroatoms. The molecule has 0 radical (unpaired) electrons. The van der Waals surface area contributed by atoms with Gasteiger partial charge in [-0.3, -0.25) is 10.2 Å². The molecule has 2 aliphatic rings. The number of fused-ring (bicyclic) bond motifs is 3. The summed E-state index contributed by atoms with van der Waals surface area (Å²) in [6, 6.07) is 13.0. The van der Waals surface area contributed by atoms with Crippen LogP contribution >= 0.6 is 35.6 Å². The average Bonchev–Trinajstić information content (AvgIpc) is 2.97. The lowest BCUT2D eigenvalue weighted by Crippen LogP contribution is -2.43. The molecule has 3 aromatic rings. The number of amides is 1. The first kappa shape index (κ1) is 22.9. The summed E-state index contributed by atoms with van der Waals surface area (Å²) in [5, 5.41) is 7.70. The molecule has 1 fully saturated rings. The van der Waals surface area contributed by atoms with Gasteiger partial charge in [0.25, 0.3) is 5.91 Å². The van der Waals surface area contributed by atoms with Crippen LogP contribution in [0.25, 0.3) is 16.9 Å². The minimum Gasteiger partial charge on any atom is -0.488 e. The fraction of sp³-hybridized carbons (Fsp3) is 0.304. The first-order chi connectivity index (χ1) is 15.1. The number of hydrogen-bond acceptors (Lipinski definition) is 4. The molecule has 168 valence electrons. The molecule has 1 N–H and O–H groups in total. The topological polar surface area (TPSA) is 59.4 Å². The van der Waals surface area contributed by atoms with Crippen molar-refractivity contribution >= 4 is 41.5 Å². The molecule has 0 aliphatic carbocycles. The van der Waals surface area contributed by atoms with Crippen LogP contribution in [0.5, 0.6) is 5.75 Å².